The number of benzene rings is 1. The zero-order chi connectivity index (χ0) is 15.8. The predicted molar refractivity (Wildman–Crippen MR) is 66.9 cm³/mol. The summed E-state index contributed by atoms with van der Waals surface area (Å²) in [5.74, 6) is -1.28. The zero-order valence-corrected chi connectivity index (χ0v) is 11.2. The van der Waals surface area contributed by atoms with E-state index in [1.54, 1.807) is 6.92 Å². The third-order valence-corrected chi connectivity index (χ3v) is 3.42. The lowest BCUT2D eigenvalue weighted by Gasteiger charge is -2.20. The van der Waals surface area contributed by atoms with Crippen LogP contribution < -0.4 is 0 Å². The Morgan fingerprint density at radius 2 is 2.05 bits per heavy atom. The van der Waals surface area contributed by atoms with Gasteiger partial charge in [-0.3, -0.25) is 14.5 Å². The molecular weight excluding hydrogens is 287 g/mol. The van der Waals surface area contributed by atoms with Crippen molar-refractivity contribution in [3.8, 4) is 0 Å². The van der Waals surface area contributed by atoms with Crippen molar-refractivity contribution in [3.63, 3.8) is 0 Å². The molecule has 0 bridgehead atoms. The molecule has 1 aromatic rings. The summed E-state index contributed by atoms with van der Waals surface area (Å²) < 4.78 is 37.8. The third kappa shape index (κ3) is 3.24. The number of carbonyl (C=O) groups is 2. The van der Waals surface area contributed by atoms with Gasteiger partial charge in [-0.15, -0.1) is 0 Å². The smallest absolute Gasteiger partial charge is 0.387 e. The van der Waals surface area contributed by atoms with Crippen LogP contribution in [0, 0.1) is 5.92 Å². The first-order valence-electron chi connectivity index (χ1n) is 6.39. The fourth-order valence-corrected chi connectivity index (χ4v) is 2.24. The van der Waals surface area contributed by atoms with E-state index in [0.717, 1.165) is 17.0 Å². The minimum Gasteiger partial charge on any atom is -0.387 e. The standard InChI is InChI=1S/C14H14F3NO3/c1-8-5-12(20)18(13(8)21)7-11(19)9-3-2-4-10(6-9)14(15,16)17/h2-4,6,8,11,19H,5,7H2,1H3. The number of imide groups is 1. The molecule has 2 rings (SSSR count). The summed E-state index contributed by atoms with van der Waals surface area (Å²) in [7, 11) is 0. The van der Waals surface area contributed by atoms with Gasteiger partial charge in [0.25, 0.3) is 0 Å². The molecule has 0 spiro atoms. The average Bonchev–Trinajstić information content (AvgIpc) is 2.64. The fraction of sp³-hybridized carbons (Fsp3) is 0.429. The van der Waals surface area contributed by atoms with Crippen LogP contribution in [-0.4, -0.2) is 28.4 Å². The zero-order valence-electron chi connectivity index (χ0n) is 11.2. The highest BCUT2D eigenvalue weighted by molar-refractivity contribution is 6.03. The van der Waals surface area contributed by atoms with Gasteiger partial charge < -0.3 is 5.11 Å². The Morgan fingerprint density at radius 3 is 2.57 bits per heavy atom. The Morgan fingerprint density at radius 1 is 1.38 bits per heavy atom. The van der Waals surface area contributed by atoms with E-state index in [1.807, 2.05) is 0 Å². The highest BCUT2D eigenvalue weighted by atomic mass is 19.4. The van der Waals surface area contributed by atoms with E-state index in [2.05, 4.69) is 0 Å². The molecule has 0 saturated carbocycles. The SMILES string of the molecule is CC1CC(=O)N(CC(O)c2cccc(C(F)(F)F)c2)C1=O. The Kier molecular flexibility index (Phi) is 4.04. The van der Waals surface area contributed by atoms with Crippen LogP contribution in [0.2, 0.25) is 0 Å². The Bertz CT molecular complexity index is 571. The second-order valence-electron chi connectivity index (χ2n) is 5.09. The number of likely N-dealkylation sites (tertiary alicyclic amines) is 1. The van der Waals surface area contributed by atoms with Crippen LogP contribution in [0.25, 0.3) is 0 Å². The molecule has 1 fully saturated rings. The molecule has 1 aromatic carbocycles. The number of rotatable bonds is 3. The minimum absolute atomic E-state index is 0.0185. The normalized spacial score (nSPS) is 21.0. The number of nitrogens with zero attached hydrogens (tertiary/aromatic N) is 1. The van der Waals surface area contributed by atoms with Gasteiger partial charge in [-0.1, -0.05) is 19.1 Å². The summed E-state index contributed by atoms with van der Waals surface area (Å²) in [4.78, 5) is 24.2. The molecule has 7 heteroatoms. The predicted octanol–water partition coefficient (Wildman–Crippen LogP) is 2.13. The van der Waals surface area contributed by atoms with E-state index in [1.165, 1.54) is 12.1 Å². The molecule has 1 aliphatic heterocycles. The quantitative estimate of drug-likeness (QED) is 0.870. The number of hydrogen-bond donors (Lipinski definition) is 1. The van der Waals surface area contributed by atoms with Gasteiger partial charge in [-0.05, 0) is 17.7 Å². The molecule has 2 unspecified atom stereocenters. The lowest BCUT2D eigenvalue weighted by molar-refractivity contribution is -0.141. The van der Waals surface area contributed by atoms with E-state index in [-0.39, 0.29) is 18.5 Å². The first-order chi connectivity index (χ1) is 9.70. The van der Waals surface area contributed by atoms with E-state index in [4.69, 9.17) is 0 Å². The van der Waals surface area contributed by atoms with Crippen molar-refractivity contribution in [2.75, 3.05) is 6.54 Å². The summed E-state index contributed by atoms with van der Waals surface area (Å²) in [5, 5.41) is 9.98. The van der Waals surface area contributed by atoms with E-state index >= 15 is 0 Å². The van der Waals surface area contributed by atoms with Gasteiger partial charge in [0.1, 0.15) is 0 Å². The number of amides is 2. The Hall–Kier alpha value is -1.89. The number of halogens is 3. The average molecular weight is 301 g/mol. The van der Waals surface area contributed by atoms with Gasteiger partial charge in [0.2, 0.25) is 11.8 Å². The molecule has 1 saturated heterocycles. The van der Waals surface area contributed by atoms with Crippen molar-refractivity contribution in [1.29, 1.82) is 0 Å². The van der Waals surface area contributed by atoms with Crippen molar-refractivity contribution in [1.82, 2.24) is 4.90 Å². The summed E-state index contributed by atoms with van der Waals surface area (Å²) in [6, 6.07) is 4.22. The summed E-state index contributed by atoms with van der Waals surface area (Å²) in [6.45, 7) is 1.26. The van der Waals surface area contributed by atoms with Gasteiger partial charge in [-0.2, -0.15) is 13.2 Å². The number of aliphatic hydroxyl groups excluding tert-OH is 1. The van der Waals surface area contributed by atoms with Crippen molar-refractivity contribution in [3.05, 3.63) is 35.4 Å². The number of alkyl halides is 3. The summed E-state index contributed by atoms with van der Waals surface area (Å²) in [5.41, 5.74) is -0.864. The molecule has 1 N–H and O–H groups in total. The van der Waals surface area contributed by atoms with Crippen LogP contribution in [-0.2, 0) is 15.8 Å². The van der Waals surface area contributed by atoms with Crippen LogP contribution >= 0.6 is 0 Å². The number of β-amino-alcohol motifs (C(OH)–C–C–N with tert-alkyl or cyclic N) is 1. The molecule has 114 valence electrons. The highest BCUT2D eigenvalue weighted by Crippen LogP contribution is 2.31. The maximum Gasteiger partial charge on any atom is 0.416 e. The molecule has 4 nitrogen and oxygen atoms in total. The van der Waals surface area contributed by atoms with Crippen molar-refractivity contribution in [2.24, 2.45) is 5.92 Å². The Balaban J connectivity index is 2.16. The van der Waals surface area contributed by atoms with Crippen LogP contribution in [0.5, 0.6) is 0 Å². The third-order valence-electron chi connectivity index (χ3n) is 3.42. The molecule has 0 radical (unpaired) electrons. The molecule has 0 aromatic heterocycles. The van der Waals surface area contributed by atoms with Crippen molar-refractivity contribution < 1.29 is 27.9 Å². The van der Waals surface area contributed by atoms with Gasteiger partial charge in [0.15, 0.2) is 0 Å². The second kappa shape index (κ2) is 5.48. The van der Waals surface area contributed by atoms with Gasteiger partial charge in [-0.25, -0.2) is 0 Å². The minimum atomic E-state index is -4.51. The van der Waals surface area contributed by atoms with Crippen LogP contribution in [0.15, 0.2) is 24.3 Å². The summed E-state index contributed by atoms with van der Waals surface area (Å²) >= 11 is 0. The first-order valence-corrected chi connectivity index (χ1v) is 6.39. The molecule has 1 aliphatic rings. The lowest BCUT2D eigenvalue weighted by atomic mass is 10.1. The van der Waals surface area contributed by atoms with Gasteiger partial charge in [0.05, 0.1) is 18.2 Å². The number of carbonyl (C=O) groups excluding carboxylic acids is 2. The van der Waals surface area contributed by atoms with E-state index in [0.29, 0.717) is 0 Å². The topological polar surface area (TPSA) is 57.6 Å². The molecule has 21 heavy (non-hydrogen) atoms. The second-order valence-corrected chi connectivity index (χ2v) is 5.09. The lowest BCUT2D eigenvalue weighted by Crippen LogP contribution is -2.34. The molecular formula is C14H14F3NO3. The molecule has 1 heterocycles. The van der Waals surface area contributed by atoms with Gasteiger partial charge >= 0.3 is 6.18 Å². The monoisotopic (exact) mass is 301 g/mol. The van der Waals surface area contributed by atoms with Crippen LogP contribution in [0.3, 0.4) is 0 Å². The molecule has 2 atom stereocenters. The maximum atomic E-state index is 12.6. The first kappa shape index (κ1) is 15.5. The van der Waals surface area contributed by atoms with Crippen molar-refractivity contribution in [2.45, 2.75) is 25.6 Å². The van der Waals surface area contributed by atoms with Crippen molar-refractivity contribution >= 4 is 11.8 Å². The Labute approximate surface area is 119 Å². The van der Waals surface area contributed by atoms with Crippen LogP contribution in [0.1, 0.15) is 30.6 Å². The molecule has 2 amide bonds. The van der Waals surface area contributed by atoms with Crippen LogP contribution in [0.4, 0.5) is 13.2 Å². The van der Waals surface area contributed by atoms with E-state index in [9.17, 15) is 27.9 Å². The summed E-state index contributed by atoms with van der Waals surface area (Å²) in [6.07, 6.45) is -5.79. The largest absolute Gasteiger partial charge is 0.416 e. The molecule has 0 aliphatic carbocycles. The number of aliphatic hydroxyl groups is 1. The highest BCUT2D eigenvalue weighted by Gasteiger charge is 2.37. The number of hydrogen-bond acceptors (Lipinski definition) is 3. The van der Waals surface area contributed by atoms with Gasteiger partial charge in [0, 0.05) is 12.3 Å². The fourth-order valence-electron chi connectivity index (χ4n) is 2.24. The van der Waals surface area contributed by atoms with E-state index < -0.39 is 35.6 Å². The maximum absolute atomic E-state index is 12.6.